The van der Waals surface area contributed by atoms with Crippen LogP contribution in [0.1, 0.15) is 23.3 Å². The minimum atomic E-state index is -0.782. The summed E-state index contributed by atoms with van der Waals surface area (Å²) in [6.07, 6.45) is 0.204. The quantitative estimate of drug-likeness (QED) is 0.469. The Hall–Kier alpha value is -3.66. The molecular weight excluding hydrogens is 425 g/mol. The summed E-state index contributed by atoms with van der Waals surface area (Å²) in [5, 5.41) is 18.6. The summed E-state index contributed by atoms with van der Waals surface area (Å²) in [5.41, 5.74) is 1.37. The number of amides is 1. The number of carbonyl (C=O) groups is 1. The number of nitrogens with zero attached hydrogens (tertiary/aromatic N) is 6. The van der Waals surface area contributed by atoms with Crippen LogP contribution in [-0.2, 0) is 17.8 Å². The molecule has 31 heavy (non-hydrogen) atoms. The number of benzene rings is 2. The van der Waals surface area contributed by atoms with Crippen LogP contribution in [0.4, 0.5) is 4.39 Å². The van der Waals surface area contributed by atoms with Crippen LogP contribution in [0.2, 0.25) is 5.02 Å². The summed E-state index contributed by atoms with van der Waals surface area (Å²) in [5.74, 6) is 0.320. The molecule has 9 nitrogen and oxygen atoms in total. The van der Waals surface area contributed by atoms with Gasteiger partial charge in [0.25, 0.3) is 0 Å². The van der Waals surface area contributed by atoms with Gasteiger partial charge in [-0.2, -0.15) is 4.98 Å². The van der Waals surface area contributed by atoms with Gasteiger partial charge in [-0.15, -0.1) is 5.10 Å². The molecule has 1 N–H and O–H groups in total. The van der Waals surface area contributed by atoms with Gasteiger partial charge in [-0.1, -0.05) is 28.9 Å². The van der Waals surface area contributed by atoms with Crippen molar-refractivity contribution in [3.8, 4) is 11.4 Å². The molecule has 0 aliphatic carbocycles. The number of nitrogens with one attached hydrogen (secondary N) is 1. The van der Waals surface area contributed by atoms with Gasteiger partial charge in [-0.3, -0.25) is 4.79 Å². The van der Waals surface area contributed by atoms with Crippen LogP contribution in [0, 0.1) is 12.7 Å². The fraction of sp³-hybridized carbons (Fsp3) is 0.200. The predicted molar refractivity (Wildman–Crippen MR) is 108 cm³/mol. The molecule has 0 bridgehead atoms. The van der Waals surface area contributed by atoms with Crippen LogP contribution in [0.5, 0.6) is 0 Å². The molecule has 1 unspecified atom stereocenters. The smallest absolute Gasteiger partial charge is 0.246 e. The van der Waals surface area contributed by atoms with Crippen molar-refractivity contribution in [2.45, 2.75) is 25.9 Å². The van der Waals surface area contributed by atoms with Gasteiger partial charge in [-0.25, -0.2) is 9.07 Å². The van der Waals surface area contributed by atoms with Gasteiger partial charge in [0, 0.05) is 17.0 Å². The van der Waals surface area contributed by atoms with Gasteiger partial charge >= 0.3 is 0 Å². The molecule has 4 rings (SSSR count). The second kappa shape index (κ2) is 9.00. The lowest BCUT2D eigenvalue weighted by atomic mass is 10.1. The first-order chi connectivity index (χ1) is 15.0. The molecule has 0 radical (unpaired) electrons. The molecule has 0 aliphatic heterocycles. The van der Waals surface area contributed by atoms with Crippen LogP contribution < -0.4 is 5.32 Å². The van der Waals surface area contributed by atoms with E-state index in [0.29, 0.717) is 22.2 Å². The van der Waals surface area contributed by atoms with Crippen molar-refractivity contribution < 1.29 is 13.7 Å². The number of rotatable bonds is 7. The van der Waals surface area contributed by atoms with Crippen molar-refractivity contribution >= 4 is 17.5 Å². The third kappa shape index (κ3) is 4.92. The lowest BCUT2D eigenvalue weighted by Crippen LogP contribution is -2.34. The topological polar surface area (TPSA) is 112 Å². The van der Waals surface area contributed by atoms with Crippen LogP contribution in [0.25, 0.3) is 11.4 Å². The highest BCUT2D eigenvalue weighted by molar-refractivity contribution is 6.30. The maximum atomic E-state index is 13.6. The Labute approximate surface area is 181 Å². The Morgan fingerprint density at radius 3 is 2.77 bits per heavy atom. The maximum absolute atomic E-state index is 13.6. The highest BCUT2D eigenvalue weighted by Crippen LogP contribution is 2.19. The first-order valence-corrected chi connectivity index (χ1v) is 9.72. The highest BCUT2D eigenvalue weighted by atomic mass is 35.5. The lowest BCUT2D eigenvalue weighted by molar-refractivity contribution is -0.125. The van der Waals surface area contributed by atoms with E-state index in [-0.39, 0.29) is 30.6 Å². The second-order valence-electron chi connectivity index (χ2n) is 6.76. The fourth-order valence-electron chi connectivity index (χ4n) is 3.03. The third-order valence-electron chi connectivity index (χ3n) is 4.56. The molecule has 2 aromatic heterocycles. The molecular formula is C20H17ClFN7O2. The van der Waals surface area contributed by atoms with Gasteiger partial charge in [-0.05, 0) is 59.3 Å². The van der Waals surface area contributed by atoms with E-state index in [4.69, 9.17) is 16.1 Å². The Kier molecular flexibility index (Phi) is 5.99. The van der Waals surface area contributed by atoms with Gasteiger partial charge in [0.15, 0.2) is 0 Å². The van der Waals surface area contributed by atoms with E-state index in [1.54, 1.807) is 43.3 Å². The molecule has 4 aromatic rings. The maximum Gasteiger partial charge on any atom is 0.246 e. The monoisotopic (exact) mass is 441 g/mol. The molecule has 11 heteroatoms. The standard InChI is InChI=1S/C20H17ClFN7O2/c1-12-25-27-28-29(12)17(10-13-3-2-4-16(22)9-13)20(30)23-11-18-24-19(26-31-18)14-5-7-15(21)8-6-14/h2-9,17H,10-11H2,1H3,(H,23,30). The summed E-state index contributed by atoms with van der Waals surface area (Å²) in [4.78, 5) is 17.2. The zero-order valence-corrected chi connectivity index (χ0v) is 17.1. The summed E-state index contributed by atoms with van der Waals surface area (Å²) in [6.45, 7) is 1.70. The molecule has 0 spiro atoms. The Bertz CT molecular complexity index is 1190. The van der Waals surface area contributed by atoms with E-state index in [1.807, 2.05) is 0 Å². The molecule has 0 fully saturated rings. The summed E-state index contributed by atoms with van der Waals surface area (Å²) in [6, 6.07) is 12.2. The van der Waals surface area contributed by atoms with Crippen molar-refractivity contribution in [2.75, 3.05) is 0 Å². The normalized spacial score (nSPS) is 12.0. The Morgan fingerprint density at radius 2 is 2.06 bits per heavy atom. The summed E-state index contributed by atoms with van der Waals surface area (Å²) >= 11 is 5.89. The molecule has 2 aromatic carbocycles. The van der Waals surface area contributed by atoms with E-state index in [1.165, 1.54) is 16.8 Å². The molecule has 158 valence electrons. The molecule has 2 heterocycles. The van der Waals surface area contributed by atoms with Crippen LogP contribution in [0.3, 0.4) is 0 Å². The van der Waals surface area contributed by atoms with Crippen molar-refractivity contribution in [2.24, 2.45) is 0 Å². The summed E-state index contributed by atoms with van der Waals surface area (Å²) < 4.78 is 20.2. The third-order valence-corrected chi connectivity index (χ3v) is 4.81. The number of tetrazole rings is 1. The van der Waals surface area contributed by atoms with Gasteiger partial charge in [0.1, 0.15) is 17.7 Å². The van der Waals surface area contributed by atoms with Gasteiger partial charge < -0.3 is 9.84 Å². The first kappa shape index (κ1) is 20.6. The van der Waals surface area contributed by atoms with E-state index >= 15 is 0 Å². The van der Waals surface area contributed by atoms with Gasteiger partial charge in [0.2, 0.25) is 17.6 Å². The molecule has 0 aliphatic rings. The zero-order valence-electron chi connectivity index (χ0n) is 16.4. The largest absolute Gasteiger partial charge is 0.345 e. The predicted octanol–water partition coefficient (Wildman–Crippen LogP) is 2.92. The summed E-state index contributed by atoms with van der Waals surface area (Å²) in [7, 11) is 0. The SMILES string of the molecule is Cc1nnnn1C(Cc1cccc(F)c1)C(=O)NCc1nc(-c2ccc(Cl)cc2)no1. The average molecular weight is 442 g/mol. The van der Waals surface area contributed by atoms with Crippen molar-refractivity contribution in [3.05, 3.63) is 76.6 Å². The minimum Gasteiger partial charge on any atom is -0.345 e. The minimum absolute atomic E-state index is 0.0141. The van der Waals surface area contributed by atoms with E-state index in [0.717, 1.165) is 5.56 Å². The molecule has 1 atom stereocenters. The second-order valence-corrected chi connectivity index (χ2v) is 7.19. The van der Waals surface area contributed by atoms with E-state index in [9.17, 15) is 9.18 Å². The van der Waals surface area contributed by atoms with Crippen LogP contribution in [0.15, 0.2) is 53.1 Å². The number of hydrogen-bond acceptors (Lipinski definition) is 7. The van der Waals surface area contributed by atoms with Gasteiger partial charge in [0.05, 0.1) is 6.54 Å². The lowest BCUT2D eigenvalue weighted by Gasteiger charge is -2.17. The van der Waals surface area contributed by atoms with Crippen molar-refractivity contribution in [3.63, 3.8) is 0 Å². The number of carbonyl (C=O) groups excluding carboxylic acids is 1. The van der Waals surface area contributed by atoms with Crippen molar-refractivity contribution in [1.82, 2.24) is 35.7 Å². The molecule has 0 saturated heterocycles. The first-order valence-electron chi connectivity index (χ1n) is 9.35. The Balaban J connectivity index is 1.48. The Morgan fingerprint density at radius 1 is 1.26 bits per heavy atom. The molecule has 0 saturated carbocycles. The fourth-order valence-corrected chi connectivity index (χ4v) is 3.15. The van der Waals surface area contributed by atoms with E-state index in [2.05, 4.69) is 31.0 Å². The average Bonchev–Trinajstić information content (AvgIpc) is 3.40. The van der Waals surface area contributed by atoms with Crippen molar-refractivity contribution in [1.29, 1.82) is 0 Å². The number of aryl methyl sites for hydroxylation is 1. The number of hydrogen-bond donors (Lipinski definition) is 1. The zero-order chi connectivity index (χ0) is 21.8. The molecule has 1 amide bonds. The highest BCUT2D eigenvalue weighted by Gasteiger charge is 2.25. The van der Waals surface area contributed by atoms with Crippen LogP contribution in [-0.4, -0.2) is 36.3 Å². The van der Waals surface area contributed by atoms with Crippen LogP contribution >= 0.6 is 11.6 Å². The van der Waals surface area contributed by atoms with E-state index < -0.39 is 6.04 Å². The number of halogens is 2. The number of aromatic nitrogens is 6.